The summed E-state index contributed by atoms with van der Waals surface area (Å²) in [5.74, 6) is 0. The second-order valence-corrected chi connectivity index (χ2v) is 7.76. The van der Waals surface area contributed by atoms with E-state index in [1.807, 2.05) is 0 Å². The van der Waals surface area contributed by atoms with Crippen LogP contribution in [-0.4, -0.2) is 40.8 Å². The first-order valence-electron chi connectivity index (χ1n) is 6.80. The van der Waals surface area contributed by atoms with Crippen LogP contribution in [0.3, 0.4) is 0 Å². The molecule has 22 heavy (non-hydrogen) atoms. The quantitative estimate of drug-likeness (QED) is 0.843. The van der Waals surface area contributed by atoms with Crippen molar-refractivity contribution in [3.63, 3.8) is 0 Å². The molecule has 0 spiro atoms. The summed E-state index contributed by atoms with van der Waals surface area (Å²) >= 11 is 12.1. The minimum atomic E-state index is -3.69. The Balaban J connectivity index is 1.81. The van der Waals surface area contributed by atoms with E-state index in [2.05, 4.69) is 10.3 Å². The van der Waals surface area contributed by atoms with E-state index in [1.54, 1.807) is 23.1 Å². The molecule has 0 aliphatic carbocycles. The van der Waals surface area contributed by atoms with Crippen LogP contribution >= 0.6 is 23.2 Å². The summed E-state index contributed by atoms with van der Waals surface area (Å²) in [5.41, 5.74) is 0. The van der Waals surface area contributed by atoms with Gasteiger partial charge in [0.1, 0.15) is 4.90 Å². The highest BCUT2D eigenvalue weighted by Gasteiger charge is 2.33. The molecule has 1 saturated heterocycles. The highest BCUT2D eigenvalue weighted by molar-refractivity contribution is 7.89. The summed E-state index contributed by atoms with van der Waals surface area (Å²) in [4.78, 5) is -0.0162. The van der Waals surface area contributed by atoms with E-state index in [9.17, 15) is 8.42 Å². The zero-order valence-electron chi connectivity index (χ0n) is 11.6. The molecule has 0 unspecified atom stereocenters. The monoisotopic (exact) mass is 360 g/mol. The number of halogens is 2. The van der Waals surface area contributed by atoms with Crippen molar-refractivity contribution in [3.05, 3.63) is 40.6 Å². The van der Waals surface area contributed by atoms with Crippen molar-refractivity contribution in [2.24, 2.45) is 0 Å². The molecule has 0 saturated carbocycles. The van der Waals surface area contributed by atoms with Crippen LogP contribution in [0.25, 0.3) is 0 Å². The lowest BCUT2D eigenvalue weighted by Gasteiger charge is -2.31. The number of nitrogens with zero attached hydrogens (tertiary/aromatic N) is 4. The lowest BCUT2D eigenvalue weighted by atomic mass is 10.1. The molecule has 1 aromatic heterocycles. The van der Waals surface area contributed by atoms with Gasteiger partial charge < -0.3 is 0 Å². The molecule has 0 N–H and O–H groups in total. The normalized spacial score (nSPS) is 17.7. The highest BCUT2D eigenvalue weighted by atomic mass is 35.5. The number of benzene rings is 1. The predicted octanol–water partition coefficient (Wildman–Crippen LogP) is 2.61. The SMILES string of the molecule is O=S(=O)(c1c(Cl)cccc1Cl)N1CCC(n2ccnn2)CC1. The standard InChI is InChI=1S/C13H14Cl2N4O2S/c14-11-2-1-3-12(15)13(11)22(20,21)18-7-4-10(5-8-18)19-9-6-16-17-19/h1-3,6,9-10H,4-5,7-8H2. The first kappa shape index (κ1) is 15.7. The van der Waals surface area contributed by atoms with Crippen molar-refractivity contribution in [2.75, 3.05) is 13.1 Å². The van der Waals surface area contributed by atoms with Gasteiger partial charge in [-0.25, -0.2) is 13.1 Å². The van der Waals surface area contributed by atoms with Crippen molar-refractivity contribution in [1.29, 1.82) is 0 Å². The lowest BCUT2D eigenvalue weighted by Crippen LogP contribution is -2.39. The maximum Gasteiger partial charge on any atom is 0.246 e. The van der Waals surface area contributed by atoms with Crippen molar-refractivity contribution in [2.45, 2.75) is 23.8 Å². The summed E-state index contributed by atoms with van der Waals surface area (Å²) in [6.45, 7) is 0.794. The van der Waals surface area contributed by atoms with E-state index in [0.717, 1.165) is 0 Å². The Morgan fingerprint density at radius 2 is 1.77 bits per heavy atom. The fourth-order valence-corrected chi connectivity index (χ4v) is 5.18. The Bertz CT molecular complexity index is 736. The molecule has 0 atom stereocenters. The molecule has 1 aliphatic heterocycles. The Morgan fingerprint density at radius 3 is 2.32 bits per heavy atom. The predicted molar refractivity (Wildman–Crippen MR) is 83.5 cm³/mol. The fourth-order valence-electron chi connectivity index (χ4n) is 2.62. The summed E-state index contributed by atoms with van der Waals surface area (Å²) in [6, 6.07) is 4.85. The zero-order chi connectivity index (χ0) is 15.7. The lowest BCUT2D eigenvalue weighted by molar-refractivity contribution is 0.258. The maximum atomic E-state index is 12.7. The largest absolute Gasteiger partial charge is 0.249 e. The van der Waals surface area contributed by atoms with Crippen LogP contribution in [-0.2, 0) is 10.0 Å². The topological polar surface area (TPSA) is 68.1 Å². The first-order valence-corrected chi connectivity index (χ1v) is 8.99. The molecule has 3 rings (SSSR count). The minimum Gasteiger partial charge on any atom is -0.249 e. The summed E-state index contributed by atoms with van der Waals surface area (Å²) in [6.07, 6.45) is 4.75. The van der Waals surface area contributed by atoms with Crippen LogP contribution in [0, 0.1) is 0 Å². The van der Waals surface area contributed by atoms with Crippen LogP contribution in [0.4, 0.5) is 0 Å². The average molecular weight is 361 g/mol. The van der Waals surface area contributed by atoms with Crippen LogP contribution in [0.15, 0.2) is 35.5 Å². The number of aromatic nitrogens is 3. The van der Waals surface area contributed by atoms with Crippen LogP contribution < -0.4 is 0 Å². The van der Waals surface area contributed by atoms with E-state index in [1.165, 1.54) is 16.4 Å². The van der Waals surface area contributed by atoms with Crippen molar-refractivity contribution >= 4 is 33.2 Å². The molecule has 1 fully saturated rings. The molecule has 6 nitrogen and oxygen atoms in total. The Labute approximate surface area is 138 Å². The van der Waals surface area contributed by atoms with Gasteiger partial charge in [0.2, 0.25) is 10.0 Å². The van der Waals surface area contributed by atoms with Crippen molar-refractivity contribution in [1.82, 2.24) is 19.3 Å². The molecule has 2 heterocycles. The molecule has 1 aromatic carbocycles. The Morgan fingerprint density at radius 1 is 1.14 bits per heavy atom. The van der Waals surface area contributed by atoms with Gasteiger partial charge in [0, 0.05) is 19.3 Å². The summed E-state index contributed by atoms with van der Waals surface area (Å²) in [5, 5.41) is 8.04. The fraction of sp³-hybridized carbons (Fsp3) is 0.385. The van der Waals surface area contributed by atoms with Crippen LogP contribution in [0.2, 0.25) is 10.0 Å². The molecular formula is C13H14Cl2N4O2S. The molecule has 1 aliphatic rings. The van der Waals surface area contributed by atoms with Crippen molar-refractivity contribution in [3.8, 4) is 0 Å². The first-order chi connectivity index (χ1) is 10.5. The number of sulfonamides is 1. The molecular weight excluding hydrogens is 347 g/mol. The maximum absolute atomic E-state index is 12.7. The van der Waals surface area contributed by atoms with E-state index in [4.69, 9.17) is 23.2 Å². The number of piperidine rings is 1. The molecule has 0 amide bonds. The van der Waals surface area contributed by atoms with Gasteiger partial charge in [-0.15, -0.1) is 5.10 Å². The van der Waals surface area contributed by atoms with E-state index >= 15 is 0 Å². The van der Waals surface area contributed by atoms with Gasteiger partial charge in [-0.1, -0.05) is 34.5 Å². The van der Waals surface area contributed by atoms with Gasteiger partial charge >= 0.3 is 0 Å². The third kappa shape index (κ3) is 2.86. The van der Waals surface area contributed by atoms with Gasteiger partial charge in [-0.2, -0.15) is 4.31 Å². The third-order valence-electron chi connectivity index (χ3n) is 3.76. The molecule has 2 aromatic rings. The van der Waals surface area contributed by atoms with E-state index < -0.39 is 10.0 Å². The van der Waals surface area contributed by atoms with Crippen molar-refractivity contribution < 1.29 is 8.42 Å². The zero-order valence-corrected chi connectivity index (χ0v) is 13.9. The van der Waals surface area contributed by atoms with Gasteiger partial charge in [0.15, 0.2) is 0 Å². The third-order valence-corrected chi connectivity index (χ3v) is 6.61. The average Bonchev–Trinajstić information content (AvgIpc) is 3.01. The molecule has 0 bridgehead atoms. The second-order valence-electron chi connectivity index (χ2n) is 5.07. The summed E-state index contributed by atoms with van der Waals surface area (Å²) in [7, 11) is -3.69. The highest BCUT2D eigenvalue weighted by Crippen LogP contribution is 2.33. The van der Waals surface area contributed by atoms with E-state index in [-0.39, 0.29) is 21.0 Å². The van der Waals surface area contributed by atoms with Crippen LogP contribution in [0.5, 0.6) is 0 Å². The Kier molecular flexibility index (Phi) is 4.40. The smallest absolute Gasteiger partial charge is 0.246 e. The van der Waals surface area contributed by atoms with E-state index in [0.29, 0.717) is 25.9 Å². The van der Waals surface area contributed by atoms with Gasteiger partial charge in [0.05, 0.1) is 22.3 Å². The van der Waals surface area contributed by atoms with Gasteiger partial charge in [-0.3, -0.25) is 0 Å². The van der Waals surface area contributed by atoms with Gasteiger partial charge in [0.25, 0.3) is 0 Å². The van der Waals surface area contributed by atoms with Crippen LogP contribution in [0.1, 0.15) is 18.9 Å². The minimum absolute atomic E-state index is 0.0162. The van der Waals surface area contributed by atoms with Gasteiger partial charge in [-0.05, 0) is 25.0 Å². The number of rotatable bonds is 3. The molecule has 0 radical (unpaired) electrons. The Hall–Kier alpha value is -1.15. The second kappa shape index (κ2) is 6.16. The summed E-state index contributed by atoms with van der Waals surface area (Å²) < 4.78 is 28.7. The molecule has 118 valence electrons. The number of hydrogen-bond donors (Lipinski definition) is 0. The molecule has 9 heteroatoms. The number of hydrogen-bond acceptors (Lipinski definition) is 4.